The average molecular weight is 270 g/mol. The van der Waals surface area contributed by atoms with Crippen LogP contribution < -0.4 is 0 Å². The molecule has 0 radical (unpaired) electrons. The Morgan fingerprint density at radius 2 is 1.79 bits per heavy atom. The van der Waals surface area contributed by atoms with Gasteiger partial charge in [-0.2, -0.15) is 0 Å². The van der Waals surface area contributed by atoms with Crippen molar-refractivity contribution in [2.45, 2.75) is 11.7 Å². The van der Waals surface area contributed by atoms with Crippen LogP contribution in [0.5, 0.6) is 0 Å². The highest BCUT2D eigenvalue weighted by Gasteiger charge is 2.29. The second-order valence-electron chi connectivity index (χ2n) is 3.16. The third-order valence-electron chi connectivity index (χ3n) is 2.28. The predicted molar refractivity (Wildman–Crippen MR) is 61.8 cm³/mol. The summed E-state index contributed by atoms with van der Waals surface area (Å²) in [6.45, 7) is 0. The fraction of sp³-hybridized carbons (Fsp3) is 0.333. The molecule has 1 fully saturated rings. The molecule has 0 saturated carbocycles. The van der Waals surface area contributed by atoms with Gasteiger partial charge in [0.15, 0.2) is 0 Å². The van der Waals surface area contributed by atoms with Crippen molar-refractivity contribution in [2.24, 2.45) is 0 Å². The van der Waals surface area contributed by atoms with E-state index in [1.165, 1.54) is 0 Å². The fourth-order valence-electron chi connectivity index (χ4n) is 1.41. The van der Waals surface area contributed by atoms with Gasteiger partial charge in [-0.05, 0) is 24.1 Å². The summed E-state index contributed by atoms with van der Waals surface area (Å²) in [5.74, 6) is 0.766. The van der Waals surface area contributed by atoms with E-state index in [9.17, 15) is 4.21 Å². The molecule has 1 aromatic rings. The smallest absolute Gasteiger partial charge is 0.0778 e. The minimum absolute atomic E-state index is 0.0854. The molecule has 2 unspecified atom stereocenters. The molecular weight excluding hydrogens is 263 g/mol. The molecule has 0 spiro atoms. The zero-order chi connectivity index (χ0) is 10.3. The summed E-state index contributed by atoms with van der Waals surface area (Å²) in [6, 6.07) is 3.50. The van der Waals surface area contributed by atoms with Crippen LogP contribution in [0.4, 0.5) is 0 Å². The third kappa shape index (κ3) is 1.81. The van der Waals surface area contributed by atoms with Gasteiger partial charge in [-0.25, -0.2) is 0 Å². The van der Waals surface area contributed by atoms with Gasteiger partial charge in [-0.3, -0.25) is 4.21 Å². The number of halogens is 3. The summed E-state index contributed by atoms with van der Waals surface area (Å²) < 4.78 is 11.3. The van der Waals surface area contributed by atoms with Crippen molar-refractivity contribution < 1.29 is 4.21 Å². The van der Waals surface area contributed by atoms with Gasteiger partial charge in [-0.1, -0.05) is 34.8 Å². The molecule has 1 saturated heterocycles. The topological polar surface area (TPSA) is 17.1 Å². The van der Waals surface area contributed by atoms with Gasteiger partial charge in [-0.15, -0.1) is 0 Å². The SMILES string of the molecule is O=S1CCC1c1cc(Cl)c(Cl)c(Cl)c1. The lowest BCUT2D eigenvalue weighted by molar-refractivity contribution is 0.646. The van der Waals surface area contributed by atoms with Crippen molar-refractivity contribution in [2.75, 3.05) is 5.75 Å². The predicted octanol–water partition coefficient (Wildman–Crippen LogP) is 3.84. The molecule has 0 aromatic heterocycles. The third-order valence-corrected chi connectivity index (χ3v) is 5.25. The van der Waals surface area contributed by atoms with Crippen molar-refractivity contribution in [1.82, 2.24) is 0 Å². The Morgan fingerprint density at radius 3 is 2.14 bits per heavy atom. The first kappa shape index (κ1) is 10.7. The van der Waals surface area contributed by atoms with Crippen LogP contribution in [0.2, 0.25) is 15.1 Å². The van der Waals surface area contributed by atoms with Crippen molar-refractivity contribution in [3.05, 3.63) is 32.8 Å². The molecule has 0 amide bonds. The highest BCUT2D eigenvalue weighted by molar-refractivity contribution is 7.86. The van der Waals surface area contributed by atoms with Gasteiger partial charge >= 0.3 is 0 Å². The van der Waals surface area contributed by atoms with E-state index in [-0.39, 0.29) is 5.25 Å². The summed E-state index contributed by atoms with van der Waals surface area (Å²) in [5, 5.41) is 1.31. The molecule has 1 aliphatic rings. The first-order valence-electron chi connectivity index (χ1n) is 4.11. The Bertz CT molecular complexity index is 382. The number of benzene rings is 1. The van der Waals surface area contributed by atoms with E-state index >= 15 is 0 Å². The maximum Gasteiger partial charge on any atom is 0.0778 e. The number of rotatable bonds is 1. The minimum Gasteiger partial charge on any atom is -0.259 e. The molecule has 2 rings (SSSR count). The maximum atomic E-state index is 11.3. The molecule has 0 bridgehead atoms. The number of hydrogen-bond acceptors (Lipinski definition) is 1. The van der Waals surface area contributed by atoms with Crippen LogP contribution in [-0.2, 0) is 10.8 Å². The maximum absolute atomic E-state index is 11.3. The monoisotopic (exact) mass is 268 g/mol. The summed E-state index contributed by atoms with van der Waals surface area (Å²) in [5.41, 5.74) is 0.925. The standard InChI is InChI=1S/C9H7Cl3OS/c10-6-3-5(4-7(11)9(6)12)8-1-2-14(8)13/h3-4,8H,1-2H2. The van der Waals surface area contributed by atoms with Crippen molar-refractivity contribution >= 4 is 45.6 Å². The zero-order valence-corrected chi connectivity index (χ0v) is 10.2. The second-order valence-corrected chi connectivity index (χ2v) is 6.09. The summed E-state index contributed by atoms with van der Waals surface area (Å²) in [4.78, 5) is 0. The van der Waals surface area contributed by atoms with Gasteiger partial charge in [0.1, 0.15) is 0 Å². The van der Waals surface area contributed by atoms with Gasteiger partial charge in [0.2, 0.25) is 0 Å². The summed E-state index contributed by atoms with van der Waals surface area (Å²) in [6.07, 6.45) is 0.931. The molecule has 2 atom stereocenters. The van der Waals surface area contributed by atoms with Crippen molar-refractivity contribution in [1.29, 1.82) is 0 Å². The van der Waals surface area contributed by atoms with E-state index in [0.717, 1.165) is 17.7 Å². The zero-order valence-electron chi connectivity index (χ0n) is 7.10. The van der Waals surface area contributed by atoms with Crippen LogP contribution in [0.1, 0.15) is 17.2 Å². The van der Waals surface area contributed by atoms with Crippen LogP contribution >= 0.6 is 34.8 Å². The van der Waals surface area contributed by atoms with Crippen molar-refractivity contribution in [3.63, 3.8) is 0 Å². The van der Waals surface area contributed by atoms with Gasteiger partial charge in [0, 0.05) is 16.6 Å². The average Bonchev–Trinajstić information content (AvgIpc) is 2.11. The lowest BCUT2D eigenvalue weighted by Gasteiger charge is -2.25. The molecule has 14 heavy (non-hydrogen) atoms. The van der Waals surface area contributed by atoms with E-state index in [1.807, 2.05) is 0 Å². The fourth-order valence-corrected chi connectivity index (χ4v) is 3.13. The lowest BCUT2D eigenvalue weighted by Crippen LogP contribution is -2.22. The Balaban J connectivity index is 2.40. The highest BCUT2D eigenvalue weighted by Crippen LogP contribution is 2.39. The minimum atomic E-state index is -0.764. The Hall–Kier alpha value is 0.240. The largest absolute Gasteiger partial charge is 0.259 e. The van der Waals surface area contributed by atoms with E-state index in [2.05, 4.69) is 0 Å². The van der Waals surface area contributed by atoms with Gasteiger partial charge in [0.05, 0.1) is 20.3 Å². The molecule has 0 N–H and O–H groups in total. The normalized spacial score (nSPS) is 25.9. The first-order valence-corrected chi connectivity index (χ1v) is 6.63. The number of hydrogen-bond donors (Lipinski definition) is 0. The first-order chi connectivity index (χ1) is 6.59. The van der Waals surface area contributed by atoms with E-state index in [4.69, 9.17) is 34.8 Å². The quantitative estimate of drug-likeness (QED) is 0.708. The molecule has 1 nitrogen and oxygen atoms in total. The Kier molecular flexibility index (Phi) is 3.08. The van der Waals surface area contributed by atoms with E-state index < -0.39 is 10.8 Å². The summed E-state index contributed by atoms with van der Waals surface area (Å²) in [7, 11) is -0.764. The molecule has 1 aliphatic heterocycles. The lowest BCUT2D eigenvalue weighted by atomic mass is 10.1. The summed E-state index contributed by atoms with van der Waals surface area (Å²) >= 11 is 17.6. The van der Waals surface area contributed by atoms with E-state index in [0.29, 0.717) is 15.1 Å². The van der Waals surface area contributed by atoms with Gasteiger partial charge < -0.3 is 0 Å². The van der Waals surface area contributed by atoms with Gasteiger partial charge in [0.25, 0.3) is 0 Å². The Labute approximate surface area is 99.8 Å². The Morgan fingerprint density at radius 1 is 1.21 bits per heavy atom. The van der Waals surface area contributed by atoms with Crippen LogP contribution in [0.3, 0.4) is 0 Å². The highest BCUT2D eigenvalue weighted by atomic mass is 35.5. The molecular formula is C9H7Cl3OS. The molecule has 76 valence electrons. The van der Waals surface area contributed by atoms with Crippen LogP contribution in [0.25, 0.3) is 0 Å². The second kappa shape index (κ2) is 4.01. The van der Waals surface area contributed by atoms with E-state index in [1.54, 1.807) is 12.1 Å². The van der Waals surface area contributed by atoms with Crippen molar-refractivity contribution in [3.8, 4) is 0 Å². The molecule has 0 aliphatic carbocycles. The molecule has 1 aromatic carbocycles. The molecule has 1 heterocycles. The van der Waals surface area contributed by atoms with Crippen LogP contribution in [0, 0.1) is 0 Å². The van der Waals surface area contributed by atoms with Crippen LogP contribution in [-0.4, -0.2) is 9.96 Å². The van der Waals surface area contributed by atoms with Crippen LogP contribution in [0.15, 0.2) is 12.1 Å². The molecule has 5 heteroatoms.